The molecular formula is C25H21ClN2O2. The molecule has 3 aromatic carbocycles. The minimum absolute atomic E-state index is 0.0678. The molecule has 0 spiro atoms. The summed E-state index contributed by atoms with van der Waals surface area (Å²) in [6, 6.07) is 25.4. The Morgan fingerprint density at radius 1 is 0.933 bits per heavy atom. The summed E-state index contributed by atoms with van der Waals surface area (Å²) >= 11 is 5.92. The third-order valence-corrected chi connectivity index (χ3v) is 5.03. The number of rotatable bonds is 7. The van der Waals surface area contributed by atoms with Crippen molar-refractivity contribution in [1.29, 1.82) is 0 Å². The molecule has 0 atom stereocenters. The van der Waals surface area contributed by atoms with Crippen LogP contribution in [-0.2, 0) is 17.6 Å². The normalized spacial score (nSPS) is 10.7. The zero-order valence-electron chi connectivity index (χ0n) is 16.3. The number of aromatic nitrogens is 1. The van der Waals surface area contributed by atoms with Crippen molar-refractivity contribution >= 4 is 23.2 Å². The number of amides is 1. The van der Waals surface area contributed by atoms with E-state index in [-0.39, 0.29) is 5.91 Å². The molecule has 4 rings (SSSR count). The van der Waals surface area contributed by atoms with Crippen molar-refractivity contribution in [2.75, 3.05) is 5.32 Å². The van der Waals surface area contributed by atoms with E-state index in [1.165, 1.54) is 5.56 Å². The summed E-state index contributed by atoms with van der Waals surface area (Å²) in [7, 11) is 0. The van der Waals surface area contributed by atoms with E-state index in [0.29, 0.717) is 29.5 Å². The predicted octanol–water partition coefficient (Wildman–Crippen LogP) is 6.16. The Kier molecular flexibility index (Phi) is 6.26. The Balaban J connectivity index is 1.36. The van der Waals surface area contributed by atoms with Gasteiger partial charge in [0.05, 0.1) is 6.20 Å². The van der Waals surface area contributed by atoms with Gasteiger partial charge in [-0.2, -0.15) is 0 Å². The molecule has 1 amide bonds. The molecule has 30 heavy (non-hydrogen) atoms. The molecule has 0 fully saturated rings. The number of carbonyl (C=O) groups excluding carboxylic acids is 1. The van der Waals surface area contributed by atoms with E-state index in [9.17, 15) is 4.79 Å². The summed E-state index contributed by atoms with van der Waals surface area (Å²) < 4.78 is 5.78. The monoisotopic (exact) mass is 416 g/mol. The first-order chi connectivity index (χ1) is 14.7. The number of halogens is 1. The maximum atomic E-state index is 12.5. The van der Waals surface area contributed by atoms with E-state index in [1.807, 2.05) is 54.6 Å². The average molecular weight is 417 g/mol. The van der Waals surface area contributed by atoms with Gasteiger partial charge in [0.2, 0.25) is 5.91 Å². The van der Waals surface area contributed by atoms with Gasteiger partial charge >= 0.3 is 0 Å². The number of para-hydroxylation sites is 1. The number of anilines is 1. The number of oxazole rings is 1. The smallest absolute Gasteiger partial charge is 0.224 e. The van der Waals surface area contributed by atoms with Crippen LogP contribution in [0.25, 0.3) is 11.3 Å². The number of carbonyl (C=O) groups is 1. The second kappa shape index (κ2) is 9.42. The number of nitrogens with zero attached hydrogens (tertiary/aromatic N) is 1. The van der Waals surface area contributed by atoms with Crippen molar-refractivity contribution < 1.29 is 9.21 Å². The SMILES string of the molecule is O=C(CCc1ncc(-c2ccc(Cl)cc2)o1)Nc1ccccc1Cc1ccccc1. The Morgan fingerprint density at radius 3 is 2.47 bits per heavy atom. The fraction of sp³-hybridized carbons (Fsp3) is 0.120. The molecule has 0 aliphatic heterocycles. The number of hydrogen-bond acceptors (Lipinski definition) is 3. The minimum Gasteiger partial charge on any atom is -0.441 e. The molecule has 0 unspecified atom stereocenters. The van der Waals surface area contributed by atoms with E-state index in [1.54, 1.807) is 18.3 Å². The second-order valence-corrected chi connectivity index (χ2v) is 7.43. The van der Waals surface area contributed by atoms with Crippen LogP contribution in [0.3, 0.4) is 0 Å². The van der Waals surface area contributed by atoms with Gasteiger partial charge in [-0.3, -0.25) is 4.79 Å². The summed E-state index contributed by atoms with van der Waals surface area (Å²) in [5.41, 5.74) is 4.02. The van der Waals surface area contributed by atoms with Crippen molar-refractivity contribution in [3.05, 3.63) is 107 Å². The van der Waals surface area contributed by atoms with Gasteiger partial charge in [-0.15, -0.1) is 0 Å². The Hall–Kier alpha value is -3.37. The molecule has 0 aliphatic carbocycles. The van der Waals surface area contributed by atoms with E-state index in [2.05, 4.69) is 22.4 Å². The van der Waals surface area contributed by atoms with E-state index >= 15 is 0 Å². The molecule has 150 valence electrons. The van der Waals surface area contributed by atoms with Gasteiger partial charge < -0.3 is 9.73 Å². The van der Waals surface area contributed by atoms with Crippen LogP contribution >= 0.6 is 11.6 Å². The molecule has 1 heterocycles. The number of aryl methyl sites for hydroxylation is 1. The van der Waals surface area contributed by atoms with Crippen LogP contribution in [0.5, 0.6) is 0 Å². The second-order valence-electron chi connectivity index (χ2n) is 6.99. The summed E-state index contributed by atoms with van der Waals surface area (Å²) in [4.78, 5) is 16.8. The lowest BCUT2D eigenvalue weighted by atomic mass is 10.0. The largest absolute Gasteiger partial charge is 0.441 e. The van der Waals surface area contributed by atoms with Gasteiger partial charge in [-0.1, -0.05) is 60.1 Å². The van der Waals surface area contributed by atoms with Crippen LogP contribution in [0.2, 0.25) is 5.02 Å². The number of benzene rings is 3. The first-order valence-corrected chi connectivity index (χ1v) is 10.2. The zero-order chi connectivity index (χ0) is 20.8. The molecule has 1 N–H and O–H groups in total. The summed E-state index contributed by atoms with van der Waals surface area (Å²) in [6.45, 7) is 0. The molecule has 4 aromatic rings. The van der Waals surface area contributed by atoms with E-state index in [0.717, 1.165) is 23.2 Å². The lowest BCUT2D eigenvalue weighted by molar-refractivity contribution is -0.116. The highest BCUT2D eigenvalue weighted by atomic mass is 35.5. The van der Waals surface area contributed by atoms with E-state index in [4.69, 9.17) is 16.0 Å². The highest BCUT2D eigenvalue weighted by Crippen LogP contribution is 2.23. The van der Waals surface area contributed by atoms with Crippen molar-refractivity contribution in [2.45, 2.75) is 19.3 Å². The summed E-state index contributed by atoms with van der Waals surface area (Å²) in [5.74, 6) is 1.13. The standard InChI is InChI=1S/C25H21ClN2O2/c26-21-12-10-19(11-13-21)23-17-27-25(30-23)15-14-24(29)28-22-9-5-4-8-20(22)16-18-6-2-1-3-7-18/h1-13,17H,14-16H2,(H,28,29). The maximum absolute atomic E-state index is 12.5. The highest BCUT2D eigenvalue weighted by molar-refractivity contribution is 6.30. The van der Waals surface area contributed by atoms with Crippen molar-refractivity contribution in [2.24, 2.45) is 0 Å². The van der Waals surface area contributed by atoms with Crippen LogP contribution in [-0.4, -0.2) is 10.9 Å². The number of hydrogen-bond donors (Lipinski definition) is 1. The molecule has 0 saturated heterocycles. The molecular weight excluding hydrogens is 396 g/mol. The first-order valence-electron chi connectivity index (χ1n) is 9.80. The lowest BCUT2D eigenvalue weighted by Gasteiger charge is -2.11. The Bertz CT molecular complexity index is 1120. The van der Waals surface area contributed by atoms with Gasteiger partial charge in [-0.25, -0.2) is 4.98 Å². The van der Waals surface area contributed by atoms with Crippen LogP contribution in [0.15, 0.2) is 89.5 Å². The molecule has 0 saturated carbocycles. The molecule has 4 nitrogen and oxygen atoms in total. The fourth-order valence-electron chi connectivity index (χ4n) is 3.22. The number of nitrogens with one attached hydrogen (secondary N) is 1. The van der Waals surface area contributed by atoms with Crippen LogP contribution < -0.4 is 5.32 Å². The molecule has 0 radical (unpaired) electrons. The third-order valence-electron chi connectivity index (χ3n) is 4.78. The third kappa shape index (κ3) is 5.16. The summed E-state index contributed by atoms with van der Waals surface area (Å²) in [6.07, 6.45) is 3.16. The Labute approximate surface area is 180 Å². The Morgan fingerprint density at radius 2 is 1.67 bits per heavy atom. The molecule has 0 aliphatic rings. The molecule has 5 heteroatoms. The summed E-state index contributed by atoms with van der Waals surface area (Å²) in [5, 5.41) is 3.69. The van der Waals surface area contributed by atoms with Gasteiger partial charge in [0.1, 0.15) is 0 Å². The van der Waals surface area contributed by atoms with E-state index < -0.39 is 0 Å². The van der Waals surface area contributed by atoms with Crippen LogP contribution in [0.4, 0.5) is 5.69 Å². The highest BCUT2D eigenvalue weighted by Gasteiger charge is 2.11. The molecule has 0 bridgehead atoms. The van der Waals surface area contributed by atoms with Crippen molar-refractivity contribution in [3.63, 3.8) is 0 Å². The zero-order valence-corrected chi connectivity index (χ0v) is 17.1. The lowest BCUT2D eigenvalue weighted by Crippen LogP contribution is -2.14. The maximum Gasteiger partial charge on any atom is 0.224 e. The minimum atomic E-state index is -0.0678. The predicted molar refractivity (Wildman–Crippen MR) is 120 cm³/mol. The van der Waals surface area contributed by atoms with Crippen LogP contribution in [0.1, 0.15) is 23.4 Å². The van der Waals surface area contributed by atoms with Crippen molar-refractivity contribution in [3.8, 4) is 11.3 Å². The van der Waals surface area contributed by atoms with Gasteiger partial charge in [0, 0.05) is 29.1 Å². The van der Waals surface area contributed by atoms with Gasteiger partial charge in [0.25, 0.3) is 0 Å². The average Bonchev–Trinajstić information content (AvgIpc) is 3.24. The fourth-order valence-corrected chi connectivity index (χ4v) is 3.34. The quantitative estimate of drug-likeness (QED) is 0.392. The topological polar surface area (TPSA) is 55.1 Å². The van der Waals surface area contributed by atoms with Crippen molar-refractivity contribution in [1.82, 2.24) is 4.98 Å². The van der Waals surface area contributed by atoms with Gasteiger partial charge in [-0.05, 0) is 47.9 Å². The molecule has 1 aromatic heterocycles. The van der Waals surface area contributed by atoms with Gasteiger partial charge in [0.15, 0.2) is 11.7 Å². The first kappa shape index (κ1) is 19.9. The van der Waals surface area contributed by atoms with Crippen LogP contribution in [0, 0.1) is 0 Å².